The van der Waals surface area contributed by atoms with Gasteiger partial charge in [-0.1, -0.05) is 0 Å². The molecule has 2 N–H and O–H groups in total. The summed E-state index contributed by atoms with van der Waals surface area (Å²) in [4.78, 5) is 38.1. The molecule has 1 saturated heterocycles. The average Bonchev–Trinajstić information content (AvgIpc) is 3.43. The number of amides is 1. The minimum absolute atomic E-state index is 0.00892. The third kappa shape index (κ3) is 5.30. The van der Waals surface area contributed by atoms with Gasteiger partial charge in [-0.05, 0) is 44.0 Å². The van der Waals surface area contributed by atoms with Crippen LogP contribution in [0.5, 0.6) is 0 Å². The highest BCUT2D eigenvalue weighted by Gasteiger charge is 2.41. The normalized spacial score (nSPS) is 19.5. The summed E-state index contributed by atoms with van der Waals surface area (Å²) in [6.07, 6.45) is 4.95. The van der Waals surface area contributed by atoms with Gasteiger partial charge in [0, 0.05) is 56.9 Å². The lowest BCUT2D eigenvalue weighted by Crippen LogP contribution is -2.53. The van der Waals surface area contributed by atoms with Gasteiger partial charge in [0.15, 0.2) is 0 Å². The second-order valence-corrected chi connectivity index (χ2v) is 12.4. The van der Waals surface area contributed by atoms with Crippen LogP contribution in [0, 0.1) is 0 Å². The van der Waals surface area contributed by atoms with Gasteiger partial charge in [0.05, 0.1) is 34.2 Å². The van der Waals surface area contributed by atoms with Crippen molar-refractivity contribution in [3.8, 4) is 0 Å². The van der Waals surface area contributed by atoms with Gasteiger partial charge in [-0.15, -0.1) is 0 Å². The van der Waals surface area contributed by atoms with Crippen molar-refractivity contribution in [3.05, 3.63) is 46.1 Å². The Morgan fingerprint density at radius 3 is 2.64 bits per heavy atom. The summed E-state index contributed by atoms with van der Waals surface area (Å²) in [5, 5.41) is 8.44. The summed E-state index contributed by atoms with van der Waals surface area (Å²) in [6, 6.07) is 2.89. The molecule has 0 radical (unpaired) electrons. The molecule has 2 aliphatic rings. The third-order valence-electron chi connectivity index (χ3n) is 7.40. The van der Waals surface area contributed by atoms with Gasteiger partial charge in [0.2, 0.25) is 21.5 Å². The van der Waals surface area contributed by atoms with Crippen LogP contribution in [0.3, 0.4) is 0 Å². The van der Waals surface area contributed by atoms with E-state index < -0.39 is 21.1 Å². The zero-order valence-corrected chi connectivity index (χ0v) is 23.6. The summed E-state index contributed by atoms with van der Waals surface area (Å²) in [7, 11) is -0.746. The van der Waals surface area contributed by atoms with Crippen molar-refractivity contribution in [1.82, 2.24) is 29.0 Å². The van der Waals surface area contributed by atoms with E-state index >= 15 is 0 Å². The minimum Gasteiger partial charge on any atom is -0.396 e. The molecule has 13 nitrogen and oxygen atoms in total. The first-order valence-corrected chi connectivity index (χ1v) is 14.3. The molecule has 5 rings (SSSR count). The number of hydrogen-bond donors (Lipinski definition) is 2. The first-order valence-electron chi connectivity index (χ1n) is 12.8. The van der Waals surface area contributed by atoms with Crippen LogP contribution in [-0.4, -0.2) is 76.9 Å². The Balaban J connectivity index is 1.71. The molecular formula is C25H34N8O5S. The number of aryl methyl sites for hydroxylation is 1. The van der Waals surface area contributed by atoms with Gasteiger partial charge >= 0.3 is 0 Å². The van der Waals surface area contributed by atoms with Crippen LogP contribution in [0.25, 0.3) is 10.9 Å². The predicted octanol–water partition coefficient (Wildman–Crippen LogP) is 0.461. The maximum absolute atomic E-state index is 14.0. The topological polar surface area (TPSA) is 147 Å². The molecule has 3 heterocycles. The molecule has 0 unspecified atom stereocenters. The maximum atomic E-state index is 14.0. The molecule has 1 aliphatic heterocycles. The summed E-state index contributed by atoms with van der Waals surface area (Å²) < 4.78 is 32.8. The number of H-pyrrole nitrogens is 1. The Kier molecular flexibility index (Phi) is 6.79. The number of carbonyl (C=O) groups is 1. The fourth-order valence-electron chi connectivity index (χ4n) is 5.08. The van der Waals surface area contributed by atoms with Gasteiger partial charge < -0.3 is 19.6 Å². The number of nitrogens with zero attached hydrogens (tertiary/aromatic N) is 6. The molecule has 1 aromatic carbocycles. The Morgan fingerprint density at radius 1 is 1.31 bits per heavy atom. The number of hydrogen-bond acceptors (Lipinski definition) is 8. The number of anilines is 1. The number of aromatic nitrogens is 4. The van der Waals surface area contributed by atoms with Crippen molar-refractivity contribution in [2.75, 3.05) is 31.6 Å². The lowest BCUT2D eigenvalue weighted by Gasteiger charge is -2.41. The van der Waals surface area contributed by atoms with E-state index in [0.29, 0.717) is 30.8 Å². The van der Waals surface area contributed by atoms with Gasteiger partial charge in [-0.2, -0.15) is 5.10 Å². The summed E-state index contributed by atoms with van der Waals surface area (Å²) in [5.74, 6) is -0.0174. The second kappa shape index (κ2) is 9.83. The van der Waals surface area contributed by atoms with E-state index in [1.54, 1.807) is 35.1 Å². The third-order valence-corrected chi connectivity index (χ3v) is 9.02. The molecule has 1 aliphatic carbocycles. The summed E-state index contributed by atoms with van der Waals surface area (Å²) in [5.41, 5.74) is 1.02. The Bertz CT molecular complexity index is 1670. The molecule has 1 saturated carbocycles. The van der Waals surface area contributed by atoms with Crippen LogP contribution in [0.4, 0.5) is 5.69 Å². The van der Waals surface area contributed by atoms with Crippen LogP contribution in [-0.2, 0) is 33.2 Å². The van der Waals surface area contributed by atoms with E-state index in [4.69, 9.17) is 4.84 Å². The van der Waals surface area contributed by atoms with E-state index in [2.05, 4.69) is 20.0 Å². The molecule has 2 fully saturated rings. The number of aromatic amines is 1. The van der Waals surface area contributed by atoms with E-state index in [-0.39, 0.29) is 34.4 Å². The van der Waals surface area contributed by atoms with Crippen molar-refractivity contribution in [1.29, 1.82) is 0 Å². The van der Waals surface area contributed by atoms with Crippen LogP contribution < -0.4 is 20.8 Å². The SMILES string of the molecule is CO/N=c1\[nH]c2c(N3CCN(C(C)=O)[C@H](C)C3)cc(S(=O)(=O)NC3(C)CC3)cc2c(=O)n1Cc1cnn(C)c1. The minimum atomic E-state index is -3.92. The van der Waals surface area contributed by atoms with Crippen molar-refractivity contribution in [3.63, 3.8) is 0 Å². The number of piperazine rings is 1. The molecule has 39 heavy (non-hydrogen) atoms. The van der Waals surface area contributed by atoms with Crippen LogP contribution >= 0.6 is 0 Å². The number of carbonyl (C=O) groups excluding carboxylic acids is 1. The van der Waals surface area contributed by atoms with Crippen molar-refractivity contribution < 1.29 is 18.0 Å². The molecule has 1 atom stereocenters. The maximum Gasteiger partial charge on any atom is 0.263 e. The number of benzene rings is 1. The fourth-order valence-corrected chi connectivity index (χ4v) is 6.60. The first-order chi connectivity index (χ1) is 18.4. The lowest BCUT2D eigenvalue weighted by molar-refractivity contribution is -0.131. The molecule has 1 amide bonds. The molecular weight excluding hydrogens is 524 g/mol. The standard InChI is InChI=1S/C25H34N8O5S/c1-16-13-31(8-9-32(16)17(2)34)21-11-19(39(36,37)29-25(3)6-7-25)10-20-22(21)27-24(28-38-5)33(23(20)35)15-18-12-26-30(4)14-18/h10-12,14,16,29H,6-9,13,15H2,1-5H3,(H,27,28)/t16-/m1/s1. The van der Waals surface area contributed by atoms with Gasteiger partial charge in [-0.3, -0.25) is 18.8 Å². The molecule has 210 valence electrons. The second-order valence-electron chi connectivity index (χ2n) is 10.7. The molecule has 2 aromatic heterocycles. The average molecular weight is 559 g/mol. The smallest absolute Gasteiger partial charge is 0.263 e. The molecule has 0 bridgehead atoms. The van der Waals surface area contributed by atoms with Crippen molar-refractivity contribution in [2.45, 2.75) is 56.6 Å². The number of fused-ring (bicyclic) bond motifs is 1. The van der Waals surface area contributed by atoms with E-state index in [9.17, 15) is 18.0 Å². The molecule has 0 spiro atoms. The highest BCUT2D eigenvalue weighted by molar-refractivity contribution is 7.89. The number of sulfonamides is 1. The Morgan fingerprint density at radius 2 is 2.05 bits per heavy atom. The predicted molar refractivity (Wildman–Crippen MR) is 144 cm³/mol. The van der Waals surface area contributed by atoms with Crippen LogP contribution in [0.1, 0.15) is 39.2 Å². The van der Waals surface area contributed by atoms with Crippen LogP contribution in [0.15, 0.2) is 39.4 Å². The summed E-state index contributed by atoms with van der Waals surface area (Å²) in [6.45, 7) is 6.90. The lowest BCUT2D eigenvalue weighted by atomic mass is 10.1. The largest absolute Gasteiger partial charge is 0.396 e. The zero-order valence-electron chi connectivity index (χ0n) is 22.8. The van der Waals surface area contributed by atoms with Gasteiger partial charge in [0.25, 0.3) is 5.56 Å². The molecule has 3 aromatic rings. The summed E-state index contributed by atoms with van der Waals surface area (Å²) >= 11 is 0. The zero-order chi connectivity index (χ0) is 28.1. The first kappa shape index (κ1) is 26.9. The number of nitrogens with one attached hydrogen (secondary N) is 2. The number of rotatable bonds is 7. The van der Waals surface area contributed by atoms with Gasteiger partial charge in [-0.25, -0.2) is 13.1 Å². The monoisotopic (exact) mass is 558 g/mol. The van der Waals surface area contributed by atoms with Crippen LogP contribution in [0.2, 0.25) is 0 Å². The Labute approximate surface area is 226 Å². The highest BCUT2D eigenvalue weighted by Crippen LogP contribution is 2.37. The van der Waals surface area contributed by atoms with E-state index in [1.165, 1.54) is 24.7 Å². The van der Waals surface area contributed by atoms with E-state index in [1.807, 2.05) is 18.7 Å². The highest BCUT2D eigenvalue weighted by atomic mass is 32.2. The Hall–Kier alpha value is -3.65. The molecule has 14 heteroatoms. The van der Waals surface area contributed by atoms with E-state index in [0.717, 1.165) is 18.4 Å². The fraction of sp³-hybridized carbons (Fsp3) is 0.520. The quantitative estimate of drug-likeness (QED) is 0.401. The van der Waals surface area contributed by atoms with Gasteiger partial charge in [0.1, 0.15) is 7.11 Å². The van der Waals surface area contributed by atoms with Crippen molar-refractivity contribution in [2.24, 2.45) is 12.2 Å². The van der Waals surface area contributed by atoms with Crippen molar-refractivity contribution >= 4 is 32.5 Å².